The number of anilines is 2. The highest BCUT2D eigenvalue weighted by molar-refractivity contribution is 5.97. The van der Waals surface area contributed by atoms with Crippen molar-refractivity contribution in [2.24, 2.45) is 0 Å². The van der Waals surface area contributed by atoms with Crippen LogP contribution in [0.1, 0.15) is 0 Å². The first kappa shape index (κ1) is 14.6. The molecule has 2 amide bonds. The highest BCUT2D eigenvalue weighted by Crippen LogP contribution is 2.33. The highest BCUT2D eigenvalue weighted by Gasteiger charge is 2.07. The number of nitrogens with two attached hydrogens (primary N) is 1. The van der Waals surface area contributed by atoms with Gasteiger partial charge in [-0.3, -0.25) is 5.32 Å². The van der Waals surface area contributed by atoms with Crippen molar-refractivity contribution in [2.45, 2.75) is 0 Å². The minimum atomic E-state index is -0.340. The summed E-state index contributed by atoms with van der Waals surface area (Å²) in [5, 5.41) is 6.93. The number of hydrogen-bond acceptors (Lipinski definition) is 4. The topological polar surface area (TPSA) is 89.3 Å². The molecule has 0 saturated heterocycles. The number of benzene rings is 2. The summed E-state index contributed by atoms with van der Waals surface area (Å²) in [5.41, 5.74) is 6.69. The number of fused-ring (bicyclic) bond motifs is 1. The molecule has 2 aromatic carbocycles. The van der Waals surface area contributed by atoms with Gasteiger partial charge in [0, 0.05) is 35.8 Å². The number of carbonyl (C=O) groups excluding carboxylic acids is 1. The van der Waals surface area contributed by atoms with Crippen molar-refractivity contribution in [3.8, 4) is 11.5 Å². The smallest absolute Gasteiger partial charge is 0.320 e. The molecule has 0 bridgehead atoms. The maximum absolute atomic E-state index is 11.3. The number of carbonyl (C=O) groups is 1. The van der Waals surface area contributed by atoms with Crippen LogP contribution < -0.4 is 21.1 Å². The van der Waals surface area contributed by atoms with Crippen molar-refractivity contribution < 1.29 is 9.53 Å². The second-order valence-corrected chi connectivity index (χ2v) is 4.88. The van der Waals surface area contributed by atoms with Gasteiger partial charge in [-0.1, -0.05) is 24.3 Å². The lowest BCUT2D eigenvalue weighted by atomic mass is 10.1. The summed E-state index contributed by atoms with van der Waals surface area (Å²) in [6, 6.07) is 14.4. The van der Waals surface area contributed by atoms with Crippen molar-refractivity contribution in [3.05, 3.63) is 54.7 Å². The van der Waals surface area contributed by atoms with E-state index in [9.17, 15) is 4.79 Å². The Morgan fingerprint density at radius 1 is 1.13 bits per heavy atom. The first-order valence-electron chi connectivity index (χ1n) is 7.07. The molecule has 0 radical (unpaired) electrons. The molecule has 6 heteroatoms. The fourth-order valence-electron chi connectivity index (χ4n) is 2.23. The molecule has 0 saturated carbocycles. The summed E-state index contributed by atoms with van der Waals surface area (Å²) >= 11 is 0. The fraction of sp³-hybridized carbons (Fsp3) is 0.0588. The average molecular weight is 308 g/mol. The molecular weight excluding hydrogens is 292 g/mol. The summed E-state index contributed by atoms with van der Waals surface area (Å²) < 4.78 is 5.94. The van der Waals surface area contributed by atoms with Gasteiger partial charge in [-0.05, 0) is 18.2 Å². The molecule has 0 spiro atoms. The Bertz CT molecular complexity index is 864. The second kappa shape index (κ2) is 6.23. The van der Waals surface area contributed by atoms with Crippen LogP contribution in [0.5, 0.6) is 11.5 Å². The Labute approximate surface area is 133 Å². The third-order valence-electron chi connectivity index (χ3n) is 3.35. The van der Waals surface area contributed by atoms with Crippen molar-refractivity contribution in [2.75, 3.05) is 18.1 Å². The lowest BCUT2D eigenvalue weighted by Crippen LogP contribution is -2.24. The van der Waals surface area contributed by atoms with Crippen LogP contribution in [0.3, 0.4) is 0 Å². The molecule has 0 unspecified atom stereocenters. The Morgan fingerprint density at radius 2 is 1.91 bits per heavy atom. The van der Waals surface area contributed by atoms with Gasteiger partial charge in [-0.25, -0.2) is 9.78 Å². The molecule has 4 N–H and O–H groups in total. The Balaban J connectivity index is 1.92. The number of nitrogens with one attached hydrogen (secondary N) is 2. The van der Waals surface area contributed by atoms with E-state index in [1.165, 1.54) is 7.05 Å². The zero-order valence-corrected chi connectivity index (χ0v) is 12.5. The van der Waals surface area contributed by atoms with Crippen LogP contribution in [-0.4, -0.2) is 18.1 Å². The lowest BCUT2D eigenvalue weighted by molar-refractivity contribution is 0.254. The van der Waals surface area contributed by atoms with Gasteiger partial charge >= 0.3 is 6.03 Å². The van der Waals surface area contributed by atoms with Gasteiger partial charge in [0.2, 0.25) is 0 Å². The van der Waals surface area contributed by atoms with Crippen LogP contribution in [0.25, 0.3) is 10.8 Å². The Kier molecular flexibility index (Phi) is 3.97. The SMILES string of the molecule is CNC(=O)Nc1cc(Oc2ccc(N)c3ccccc23)ccn1. The molecule has 116 valence electrons. The normalized spacial score (nSPS) is 10.3. The van der Waals surface area contributed by atoms with Crippen LogP contribution in [0.2, 0.25) is 0 Å². The summed E-state index contributed by atoms with van der Waals surface area (Å²) in [6.45, 7) is 0. The number of pyridine rings is 1. The van der Waals surface area contributed by atoms with Crippen LogP contribution in [0.4, 0.5) is 16.3 Å². The van der Waals surface area contributed by atoms with E-state index in [2.05, 4.69) is 15.6 Å². The van der Waals surface area contributed by atoms with Gasteiger partial charge in [-0.2, -0.15) is 0 Å². The highest BCUT2D eigenvalue weighted by atomic mass is 16.5. The van der Waals surface area contributed by atoms with Crippen molar-refractivity contribution in [1.82, 2.24) is 10.3 Å². The van der Waals surface area contributed by atoms with E-state index in [1.807, 2.05) is 36.4 Å². The Morgan fingerprint density at radius 3 is 2.70 bits per heavy atom. The van der Waals surface area contributed by atoms with E-state index in [1.54, 1.807) is 18.3 Å². The molecule has 0 aliphatic heterocycles. The number of urea groups is 1. The van der Waals surface area contributed by atoms with Crippen LogP contribution in [0.15, 0.2) is 54.7 Å². The Hall–Kier alpha value is -3.28. The molecule has 0 aliphatic carbocycles. The number of ether oxygens (including phenoxy) is 1. The minimum Gasteiger partial charge on any atom is -0.457 e. The van der Waals surface area contributed by atoms with Gasteiger partial charge < -0.3 is 15.8 Å². The molecular formula is C17H16N4O2. The van der Waals surface area contributed by atoms with E-state index >= 15 is 0 Å². The molecule has 3 aromatic rings. The first-order chi connectivity index (χ1) is 11.2. The molecule has 1 aromatic heterocycles. The quantitative estimate of drug-likeness (QED) is 0.647. The fourth-order valence-corrected chi connectivity index (χ4v) is 2.23. The number of hydrogen-bond donors (Lipinski definition) is 3. The van der Waals surface area contributed by atoms with Crippen LogP contribution in [0, 0.1) is 0 Å². The summed E-state index contributed by atoms with van der Waals surface area (Å²) in [6.07, 6.45) is 1.57. The molecule has 6 nitrogen and oxygen atoms in total. The number of aromatic nitrogens is 1. The second-order valence-electron chi connectivity index (χ2n) is 4.88. The van der Waals surface area contributed by atoms with Gasteiger partial charge in [-0.15, -0.1) is 0 Å². The minimum absolute atomic E-state index is 0.340. The molecule has 0 fully saturated rings. The molecule has 0 atom stereocenters. The van der Waals surface area contributed by atoms with Gasteiger partial charge in [0.25, 0.3) is 0 Å². The van der Waals surface area contributed by atoms with E-state index in [0.717, 1.165) is 10.8 Å². The lowest BCUT2D eigenvalue weighted by Gasteiger charge is -2.11. The average Bonchev–Trinajstić information content (AvgIpc) is 2.58. The standard InChI is InChI=1S/C17H16N4O2/c1-19-17(22)21-16-10-11(8-9-20-16)23-15-7-6-14(18)12-4-2-3-5-13(12)15/h2-10H,18H2,1H3,(H2,19,20,21,22). The number of rotatable bonds is 3. The molecule has 1 heterocycles. The van der Waals surface area contributed by atoms with E-state index in [4.69, 9.17) is 10.5 Å². The van der Waals surface area contributed by atoms with Crippen molar-refractivity contribution in [1.29, 1.82) is 0 Å². The summed E-state index contributed by atoms with van der Waals surface area (Å²) in [5.74, 6) is 1.66. The third kappa shape index (κ3) is 3.16. The number of nitrogen functional groups attached to an aromatic ring is 1. The van der Waals surface area contributed by atoms with E-state index in [-0.39, 0.29) is 6.03 Å². The van der Waals surface area contributed by atoms with E-state index in [0.29, 0.717) is 23.0 Å². The summed E-state index contributed by atoms with van der Waals surface area (Å²) in [4.78, 5) is 15.4. The number of nitrogens with zero attached hydrogens (tertiary/aromatic N) is 1. The van der Waals surface area contributed by atoms with Gasteiger partial charge in [0.1, 0.15) is 17.3 Å². The summed E-state index contributed by atoms with van der Waals surface area (Å²) in [7, 11) is 1.54. The predicted octanol–water partition coefficient (Wildman–Crippen LogP) is 3.36. The van der Waals surface area contributed by atoms with E-state index < -0.39 is 0 Å². The number of amides is 2. The zero-order chi connectivity index (χ0) is 16.2. The predicted molar refractivity (Wildman–Crippen MR) is 90.7 cm³/mol. The van der Waals surface area contributed by atoms with Gasteiger partial charge in [0.15, 0.2) is 0 Å². The van der Waals surface area contributed by atoms with Crippen LogP contribution in [-0.2, 0) is 0 Å². The van der Waals surface area contributed by atoms with Gasteiger partial charge in [0.05, 0.1) is 0 Å². The first-order valence-corrected chi connectivity index (χ1v) is 7.07. The molecule has 23 heavy (non-hydrogen) atoms. The maximum Gasteiger partial charge on any atom is 0.320 e. The van der Waals surface area contributed by atoms with Crippen molar-refractivity contribution >= 4 is 28.3 Å². The van der Waals surface area contributed by atoms with Crippen molar-refractivity contribution in [3.63, 3.8) is 0 Å². The maximum atomic E-state index is 11.3. The monoisotopic (exact) mass is 308 g/mol. The zero-order valence-electron chi connectivity index (χ0n) is 12.5. The third-order valence-corrected chi connectivity index (χ3v) is 3.35. The molecule has 3 rings (SSSR count). The molecule has 0 aliphatic rings. The van der Waals surface area contributed by atoms with Crippen LogP contribution >= 0.6 is 0 Å². The largest absolute Gasteiger partial charge is 0.457 e.